The van der Waals surface area contributed by atoms with E-state index in [-0.39, 0.29) is 5.69 Å². The molecule has 0 aliphatic heterocycles. The molecule has 0 fully saturated rings. The summed E-state index contributed by atoms with van der Waals surface area (Å²) in [6.45, 7) is 0.234. The number of hydrogen-bond donors (Lipinski definition) is 1. The number of benzene rings is 1. The first-order valence-electron chi connectivity index (χ1n) is 6.54. The molecule has 5 nitrogen and oxygen atoms in total. The van der Waals surface area contributed by atoms with Crippen molar-refractivity contribution in [2.45, 2.75) is 26.5 Å². The van der Waals surface area contributed by atoms with Crippen molar-refractivity contribution in [3.8, 4) is 5.75 Å². The van der Waals surface area contributed by atoms with E-state index >= 15 is 0 Å². The number of carbonyl (C=O) groups is 1. The Hall–Kier alpha value is -2.03. The van der Waals surface area contributed by atoms with Crippen LogP contribution in [0.25, 0.3) is 0 Å². The van der Waals surface area contributed by atoms with Crippen LogP contribution in [-0.2, 0) is 4.79 Å². The van der Waals surface area contributed by atoms with Crippen molar-refractivity contribution in [3.63, 3.8) is 0 Å². The molecule has 1 heterocycles. The fourth-order valence-corrected chi connectivity index (χ4v) is 2.21. The van der Waals surface area contributed by atoms with E-state index in [0.29, 0.717) is 0 Å². The number of ether oxygens (including phenoxy) is 1. The summed E-state index contributed by atoms with van der Waals surface area (Å²) in [7, 11) is 0. The predicted octanol–water partition coefficient (Wildman–Crippen LogP) is 3.89. The molecule has 0 saturated carbocycles. The molecule has 0 spiro atoms. The first-order valence-corrected chi connectivity index (χ1v) is 7.33. The summed E-state index contributed by atoms with van der Waals surface area (Å²) in [5.74, 6) is -1.70. The lowest BCUT2D eigenvalue weighted by Gasteiger charge is -2.16. The third-order valence-electron chi connectivity index (χ3n) is 3.15. The van der Waals surface area contributed by atoms with E-state index in [0.717, 1.165) is 28.4 Å². The molecule has 1 atom stereocenters. The van der Waals surface area contributed by atoms with Crippen LogP contribution in [0.2, 0.25) is 0 Å². The molecule has 0 aliphatic carbocycles. The molecule has 1 N–H and O–H groups in total. The standard InChI is InChI=1S/C14H13BrF3N3O2/c1-7-10(15)6-19-21(7)8(2)13(22)20-11-4-3-9(16)5-12(11)23-14(17)18/h3-6,8,14H,1-2H3,(H,20,22). The third kappa shape index (κ3) is 4.04. The van der Waals surface area contributed by atoms with E-state index in [1.54, 1.807) is 20.0 Å². The lowest BCUT2D eigenvalue weighted by Crippen LogP contribution is -2.25. The molecule has 0 bridgehead atoms. The topological polar surface area (TPSA) is 56.2 Å². The first kappa shape index (κ1) is 17.3. The highest BCUT2D eigenvalue weighted by atomic mass is 79.9. The minimum Gasteiger partial charge on any atom is -0.432 e. The SMILES string of the molecule is Cc1c(Br)cnn1C(C)C(=O)Nc1ccc(F)cc1OC(F)F. The maximum Gasteiger partial charge on any atom is 0.387 e. The number of hydrogen-bond acceptors (Lipinski definition) is 3. The van der Waals surface area contributed by atoms with Crippen LogP contribution in [0.3, 0.4) is 0 Å². The predicted molar refractivity (Wildman–Crippen MR) is 81.0 cm³/mol. The smallest absolute Gasteiger partial charge is 0.387 e. The Morgan fingerprint density at radius 2 is 2.13 bits per heavy atom. The molecule has 2 rings (SSSR count). The molecule has 1 amide bonds. The quantitative estimate of drug-likeness (QED) is 0.840. The second-order valence-electron chi connectivity index (χ2n) is 4.71. The molecular weight excluding hydrogens is 379 g/mol. The first-order chi connectivity index (χ1) is 10.8. The minimum absolute atomic E-state index is 0.0487. The minimum atomic E-state index is -3.13. The number of alkyl halides is 2. The number of carbonyl (C=O) groups excluding carboxylic acids is 1. The van der Waals surface area contributed by atoms with E-state index in [1.165, 1.54) is 4.68 Å². The van der Waals surface area contributed by atoms with Crippen molar-refractivity contribution in [3.05, 3.63) is 40.4 Å². The summed E-state index contributed by atoms with van der Waals surface area (Å²) in [5, 5.41) is 6.50. The van der Waals surface area contributed by atoms with Gasteiger partial charge in [0.2, 0.25) is 5.91 Å². The highest BCUT2D eigenvalue weighted by Gasteiger charge is 2.21. The zero-order valence-corrected chi connectivity index (χ0v) is 13.8. The normalized spacial score (nSPS) is 12.3. The van der Waals surface area contributed by atoms with E-state index in [1.807, 2.05) is 0 Å². The number of rotatable bonds is 5. The van der Waals surface area contributed by atoms with Gasteiger partial charge >= 0.3 is 6.61 Å². The van der Waals surface area contributed by atoms with Gasteiger partial charge in [-0.05, 0) is 41.9 Å². The van der Waals surface area contributed by atoms with Gasteiger partial charge in [-0.2, -0.15) is 13.9 Å². The average Bonchev–Trinajstić information content (AvgIpc) is 2.80. The molecule has 1 aromatic heterocycles. The third-order valence-corrected chi connectivity index (χ3v) is 3.93. The number of halogens is 4. The van der Waals surface area contributed by atoms with Crippen molar-refractivity contribution in [2.24, 2.45) is 0 Å². The maximum atomic E-state index is 13.2. The highest BCUT2D eigenvalue weighted by molar-refractivity contribution is 9.10. The summed E-state index contributed by atoms with van der Waals surface area (Å²) in [6, 6.07) is 2.27. The largest absolute Gasteiger partial charge is 0.432 e. The Bertz CT molecular complexity index is 721. The lowest BCUT2D eigenvalue weighted by molar-refractivity contribution is -0.119. The number of anilines is 1. The summed E-state index contributed by atoms with van der Waals surface area (Å²) in [5.41, 5.74) is 0.684. The van der Waals surface area contributed by atoms with Gasteiger partial charge in [0.1, 0.15) is 11.9 Å². The van der Waals surface area contributed by atoms with Gasteiger partial charge in [-0.3, -0.25) is 9.48 Å². The molecule has 9 heteroatoms. The second-order valence-corrected chi connectivity index (χ2v) is 5.56. The Balaban J connectivity index is 2.21. The fourth-order valence-electron chi connectivity index (χ4n) is 1.93. The van der Waals surface area contributed by atoms with Crippen LogP contribution < -0.4 is 10.1 Å². The summed E-state index contributed by atoms with van der Waals surface area (Å²) >= 11 is 3.29. The molecule has 0 aliphatic rings. The molecule has 23 heavy (non-hydrogen) atoms. The number of amides is 1. The van der Waals surface area contributed by atoms with Crippen LogP contribution in [0.4, 0.5) is 18.9 Å². The Labute approximate surface area is 138 Å². The van der Waals surface area contributed by atoms with Crippen molar-refractivity contribution in [2.75, 3.05) is 5.32 Å². The van der Waals surface area contributed by atoms with E-state index in [4.69, 9.17) is 0 Å². The Morgan fingerprint density at radius 1 is 1.43 bits per heavy atom. The van der Waals surface area contributed by atoms with Crippen molar-refractivity contribution in [1.29, 1.82) is 0 Å². The van der Waals surface area contributed by atoms with Crippen LogP contribution in [0.5, 0.6) is 5.75 Å². The zero-order chi connectivity index (χ0) is 17.1. The zero-order valence-electron chi connectivity index (χ0n) is 12.2. The maximum absolute atomic E-state index is 13.2. The highest BCUT2D eigenvalue weighted by Crippen LogP contribution is 2.28. The van der Waals surface area contributed by atoms with Gasteiger partial charge < -0.3 is 10.1 Å². The molecule has 0 radical (unpaired) electrons. The lowest BCUT2D eigenvalue weighted by atomic mass is 10.2. The van der Waals surface area contributed by atoms with E-state index in [9.17, 15) is 18.0 Å². The van der Waals surface area contributed by atoms with Gasteiger partial charge in [0.15, 0.2) is 5.75 Å². The van der Waals surface area contributed by atoms with Crippen LogP contribution in [0, 0.1) is 12.7 Å². The van der Waals surface area contributed by atoms with Gasteiger partial charge in [0.05, 0.1) is 22.1 Å². The van der Waals surface area contributed by atoms with Gasteiger partial charge in [-0.15, -0.1) is 0 Å². The molecular formula is C14H13BrF3N3O2. The van der Waals surface area contributed by atoms with Crippen LogP contribution >= 0.6 is 15.9 Å². The Kier molecular flexibility index (Phi) is 5.30. The van der Waals surface area contributed by atoms with Gasteiger partial charge in [0, 0.05) is 6.07 Å². The summed E-state index contributed by atoms with van der Waals surface area (Å²) < 4.78 is 44.3. The molecule has 1 unspecified atom stereocenters. The molecule has 124 valence electrons. The Morgan fingerprint density at radius 3 is 2.70 bits per heavy atom. The molecule has 0 saturated heterocycles. The van der Waals surface area contributed by atoms with E-state index < -0.39 is 30.1 Å². The molecule has 1 aromatic carbocycles. The van der Waals surface area contributed by atoms with Crippen molar-refractivity contribution >= 4 is 27.5 Å². The number of nitrogens with zero attached hydrogens (tertiary/aromatic N) is 2. The summed E-state index contributed by atoms with van der Waals surface area (Å²) in [4.78, 5) is 12.3. The fraction of sp³-hybridized carbons (Fsp3) is 0.286. The van der Waals surface area contributed by atoms with Crippen molar-refractivity contribution < 1.29 is 22.7 Å². The van der Waals surface area contributed by atoms with E-state index in [2.05, 4.69) is 31.1 Å². The van der Waals surface area contributed by atoms with Gasteiger partial charge in [-0.1, -0.05) is 0 Å². The van der Waals surface area contributed by atoms with Crippen LogP contribution in [0.1, 0.15) is 18.7 Å². The molecule has 2 aromatic rings. The van der Waals surface area contributed by atoms with Gasteiger partial charge in [-0.25, -0.2) is 4.39 Å². The number of nitrogens with one attached hydrogen (secondary N) is 1. The van der Waals surface area contributed by atoms with Crippen molar-refractivity contribution in [1.82, 2.24) is 9.78 Å². The second kappa shape index (κ2) is 7.03. The monoisotopic (exact) mass is 391 g/mol. The summed E-state index contributed by atoms with van der Waals surface area (Å²) in [6.07, 6.45) is 1.54. The average molecular weight is 392 g/mol. The van der Waals surface area contributed by atoms with Gasteiger partial charge in [0.25, 0.3) is 0 Å². The number of aromatic nitrogens is 2. The van der Waals surface area contributed by atoms with Crippen LogP contribution in [0.15, 0.2) is 28.9 Å². The van der Waals surface area contributed by atoms with Crippen LogP contribution in [-0.4, -0.2) is 22.3 Å².